The van der Waals surface area contributed by atoms with Crippen LogP contribution in [-0.2, 0) is 0 Å². The van der Waals surface area contributed by atoms with Gasteiger partial charge in [0, 0.05) is 20.5 Å². The Balaban J connectivity index is 4.79. The van der Waals surface area contributed by atoms with Gasteiger partial charge in [-0.2, -0.15) is 0 Å². The molecule has 10 heavy (non-hydrogen) atoms. The lowest BCUT2D eigenvalue weighted by Crippen LogP contribution is -2.11. The summed E-state index contributed by atoms with van der Waals surface area (Å²) >= 11 is 8.93. The third-order valence-electron chi connectivity index (χ3n) is 0.928. The molecule has 6 heteroatoms. The molecule has 0 atom stereocenters. The van der Waals surface area contributed by atoms with Crippen LogP contribution in [0.4, 0.5) is 0 Å². The molecular weight excluding hydrogens is 200 g/mol. The van der Waals surface area contributed by atoms with Crippen LogP contribution in [0.25, 0.3) is 0 Å². The van der Waals surface area contributed by atoms with Gasteiger partial charge >= 0.3 is 0 Å². The largest absolute Gasteiger partial charge is 0.498 e. The lowest BCUT2D eigenvalue weighted by Gasteiger charge is -2.01. The second kappa shape index (κ2) is 3.96. The van der Waals surface area contributed by atoms with Gasteiger partial charge in [0.15, 0.2) is 10.1 Å². The summed E-state index contributed by atoms with van der Waals surface area (Å²) in [7, 11) is 1.59. The summed E-state index contributed by atoms with van der Waals surface area (Å²) in [5.41, 5.74) is 0.309. The van der Waals surface area contributed by atoms with Crippen molar-refractivity contribution in [2.75, 3.05) is 0 Å². The maximum absolute atomic E-state index is 8.82. The van der Waals surface area contributed by atoms with Crippen LogP contribution in [-0.4, -0.2) is 40.8 Å². The fraction of sp³-hybridized carbons (Fsp3) is 0. The first-order valence-corrected chi connectivity index (χ1v) is 5.42. The summed E-state index contributed by atoms with van der Waals surface area (Å²) in [6.45, 7) is 0. The van der Waals surface area contributed by atoms with Gasteiger partial charge < -0.3 is 10.2 Å². The van der Waals surface area contributed by atoms with Gasteiger partial charge in [0.2, 0.25) is 0 Å². The number of hydrogen-bond donors (Lipinski definition) is 2. The summed E-state index contributed by atoms with van der Waals surface area (Å²) in [6.07, 6.45) is 0. The molecule has 0 aromatic rings. The molecule has 0 aromatic heterocycles. The molecule has 0 aliphatic carbocycles. The van der Waals surface area contributed by atoms with Crippen LogP contribution < -0.4 is 0 Å². The number of thiocarbonyl (C=S) groups is 2. The Morgan fingerprint density at radius 3 is 1.30 bits per heavy atom. The van der Waals surface area contributed by atoms with Gasteiger partial charge in [-0.25, -0.2) is 0 Å². The molecule has 0 aliphatic heterocycles. The fourth-order valence-electron chi connectivity index (χ4n) is 0.519. The summed E-state index contributed by atoms with van der Waals surface area (Å²) in [4.78, 5) is 0.986. The van der Waals surface area contributed by atoms with Gasteiger partial charge in [-0.15, -0.1) is 0 Å². The van der Waals surface area contributed by atoms with E-state index in [2.05, 4.69) is 24.4 Å². The highest BCUT2D eigenvalue weighted by molar-refractivity contribution is 7.82. The van der Waals surface area contributed by atoms with E-state index in [0.717, 1.165) is 25.3 Å². The maximum atomic E-state index is 8.82. The van der Waals surface area contributed by atoms with Crippen molar-refractivity contribution in [2.45, 2.75) is 0 Å². The zero-order valence-corrected chi connectivity index (χ0v) is 11.3. The van der Waals surface area contributed by atoms with Crippen molar-refractivity contribution in [3.05, 3.63) is 10.4 Å². The SMILES string of the molecule is OC(=S)C(C(O)=S)=C([SiH3])[SiH3]. The molecule has 0 fully saturated rings. The quantitative estimate of drug-likeness (QED) is 0.336. The molecule has 0 amide bonds. The molecule has 0 unspecified atom stereocenters. The first-order valence-electron chi connectivity index (χ1n) is 2.61. The van der Waals surface area contributed by atoms with E-state index in [1.54, 1.807) is 0 Å². The van der Waals surface area contributed by atoms with Crippen LogP contribution in [0.2, 0.25) is 0 Å². The second-order valence-electron chi connectivity index (χ2n) is 1.99. The van der Waals surface area contributed by atoms with E-state index in [1.165, 1.54) is 0 Å². The highest BCUT2D eigenvalue weighted by Crippen LogP contribution is 2.01. The smallest absolute Gasteiger partial charge is 0.192 e. The van der Waals surface area contributed by atoms with E-state index in [0.29, 0.717) is 5.57 Å². The molecule has 0 heterocycles. The molecule has 0 bridgehead atoms. The van der Waals surface area contributed by atoms with Gasteiger partial charge in [-0.3, -0.25) is 0 Å². The predicted octanol–water partition coefficient (Wildman–Crippen LogP) is -1.30. The van der Waals surface area contributed by atoms with Crippen molar-refractivity contribution >= 4 is 55.0 Å². The molecule has 0 aliphatic rings. The standard InChI is InChI=1S/C4H8O2S2Si2/c5-2(7)1(3(6)8)4(9)10/h9-10H3,(H,5,7)(H,6,8). The van der Waals surface area contributed by atoms with Gasteiger partial charge in [0.05, 0.1) is 5.57 Å². The fourth-order valence-corrected chi connectivity index (χ4v) is 2.86. The molecule has 56 valence electrons. The van der Waals surface area contributed by atoms with E-state index in [-0.39, 0.29) is 10.1 Å². The first kappa shape index (κ1) is 9.95. The topological polar surface area (TPSA) is 40.5 Å². The van der Waals surface area contributed by atoms with Gasteiger partial charge in [-0.1, -0.05) is 4.82 Å². The van der Waals surface area contributed by atoms with Crippen molar-refractivity contribution < 1.29 is 10.2 Å². The van der Waals surface area contributed by atoms with E-state index in [1.807, 2.05) is 0 Å². The highest BCUT2D eigenvalue weighted by atomic mass is 32.1. The molecule has 0 aromatic carbocycles. The Morgan fingerprint density at radius 1 is 1.00 bits per heavy atom. The average Bonchev–Trinajstić information content (AvgIpc) is 1.59. The molecule has 2 N–H and O–H groups in total. The van der Waals surface area contributed by atoms with Gasteiger partial charge in [0.1, 0.15) is 0 Å². The Bertz CT molecular complexity index is 191. The first-order chi connectivity index (χ1) is 4.46. The molecule has 0 saturated carbocycles. The normalized spacial score (nSPS) is 9.20. The van der Waals surface area contributed by atoms with Crippen molar-refractivity contribution in [3.8, 4) is 0 Å². The molecule has 0 rings (SSSR count). The predicted molar refractivity (Wildman–Crippen MR) is 57.4 cm³/mol. The van der Waals surface area contributed by atoms with E-state index in [9.17, 15) is 0 Å². The zero-order chi connectivity index (χ0) is 8.31. The minimum Gasteiger partial charge on any atom is -0.498 e. The molecule has 2 nitrogen and oxygen atoms in total. The highest BCUT2D eigenvalue weighted by Gasteiger charge is 2.08. The van der Waals surface area contributed by atoms with Crippen LogP contribution >= 0.6 is 24.4 Å². The molecule has 0 spiro atoms. The monoisotopic (exact) mass is 208 g/mol. The third-order valence-corrected chi connectivity index (χ3v) is 2.34. The second-order valence-corrected chi connectivity index (χ2v) is 7.76. The van der Waals surface area contributed by atoms with E-state index >= 15 is 0 Å². The summed E-state index contributed by atoms with van der Waals surface area (Å²) in [5, 5.41) is 17.1. The summed E-state index contributed by atoms with van der Waals surface area (Å²) < 4.78 is 0. The van der Waals surface area contributed by atoms with E-state index in [4.69, 9.17) is 10.2 Å². The molecular formula is C4H8O2S2Si2. The number of hydrogen-bond acceptors (Lipinski definition) is 2. The minimum atomic E-state index is -0.285. The van der Waals surface area contributed by atoms with Crippen LogP contribution in [0.5, 0.6) is 0 Å². The van der Waals surface area contributed by atoms with Crippen LogP contribution in [0, 0.1) is 0 Å². The molecule has 0 saturated heterocycles. The van der Waals surface area contributed by atoms with Crippen LogP contribution in [0.15, 0.2) is 10.4 Å². The lowest BCUT2D eigenvalue weighted by atomic mass is 10.3. The maximum Gasteiger partial charge on any atom is 0.192 e. The van der Waals surface area contributed by atoms with Crippen molar-refractivity contribution in [3.63, 3.8) is 0 Å². The Labute approximate surface area is 75.8 Å². The molecule has 0 radical (unpaired) electrons. The van der Waals surface area contributed by atoms with Crippen molar-refractivity contribution in [1.29, 1.82) is 0 Å². The minimum absolute atomic E-state index is 0.285. The number of aliphatic hydroxyl groups is 2. The number of rotatable bonds is 2. The van der Waals surface area contributed by atoms with Crippen LogP contribution in [0.1, 0.15) is 0 Å². The summed E-state index contributed by atoms with van der Waals surface area (Å²) in [6, 6.07) is 0. The third kappa shape index (κ3) is 2.69. The Morgan fingerprint density at radius 2 is 1.30 bits per heavy atom. The Hall–Kier alpha value is -0.0462. The van der Waals surface area contributed by atoms with Crippen molar-refractivity contribution in [1.82, 2.24) is 0 Å². The van der Waals surface area contributed by atoms with Crippen LogP contribution in [0.3, 0.4) is 0 Å². The Kier molecular flexibility index (Phi) is 3.95. The van der Waals surface area contributed by atoms with E-state index < -0.39 is 0 Å². The summed E-state index contributed by atoms with van der Waals surface area (Å²) in [5.74, 6) is 0. The zero-order valence-electron chi connectivity index (χ0n) is 5.71. The van der Waals surface area contributed by atoms with Gasteiger partial charge in [-0.05, 0) is 24.4 Å². The average molecular weight is 208 g/mol. The van der Waals surface area contributed by atoms with Gasteiger partial charge in [0.25, 0.3) is 0 Å². The lowest BCUT2D eigenvalue weighted by molar-refractivity contribution is 0.552. The van der Waals surface area contributed by atoms with Crippen molar-refractivity contribution in [2.24, 2.45) is 0 Å². The number of aliphatic hydroxyl groups excluding tert-OH is 2.